The number of anilines is 1. The number of nitrogen functional groups attached to an aromatic ring is 1. The van der Waals surface area contributed by atoms with Crippen molar-refractivity contribution in [3.8, 4) is 5.75 Å². The summed E-state index contributed by atoms with van der Waals surface area (Å²) in [5, 5.41) is 11.0. The molecular weight excluding hydrogens is 267 g/mol. The largest absolute Gasteiger partial charge is 0.455 e. The first-order chi connectivity index (χ1) is 9.89. The summed E-state index contributed by atoms with van der Waals surface area (Å²) in [6, 6.07) is 9.58. The fourth-order valence-electron chi connectivity index (χ4n) is 3.22. The van der Waals surface area contributed by atoms with Crippen LogP contribution in [-0.4, -0.2) is 18.7 Å². The van der Waals surface area contributed by atoms with Crippen molar-refractivity contribution >= 4 is 24.8 Å². The monoisotopic (exact) mass is 278 g/mol. The molecule has 0 saturated heterocycles. The minimum atomic E-state index is -1.97. The lowest BCUT2D eigenvalue weighted by atomic mass is 9.83. The van der Waals surface area contributed by atoms with Crippen LogP contribution < -0.4 is 21.7 Å². The molecule has 2 radical (unpaired) electrons. The Bertz CT molecular complexity index is 823. The number of carbonyl (C=O) groups excluding carboxylic acids is 1. The maximum Gasteiger partial charge on any atom is 0.265 e. The maximum absolute atomic E-state index is 12.8. The Balaban J connectivity index is 2.06. The number of rotatable bonds is 0. The van der Waals surface area contributed by atoms with Gasteiger partial charge in [0, 0.05) is 16.8 Å². The summed E-state index contributed by atoms with van der Waals surface area (Å²) in [5.74, 6) is -2.12. The van der Waals surface area contributed by atoms with Crippen molar-refractivity contribution < 1.29 is 14.6 Å². The molecule has 1 heterocycles. The molecule has 5 N–H and O–H groups in total. The van der Waals surface area contributed by atoms with Crippen LogP contribution in [0.25, 0.3) is 0 Å². The van der Waals surface area contributed by atoms with E-state index in [4.69, 9.17) is 24.1 Å². The second-order valence-electron chi connectivity index (χ2n) is 5.41. The predicted octanol–water partition coefficient (Wildman–Crippen LogP) is -0.349. The second-order valence-corrected chi connectivity index (χ2v) is 5.41. The van der Waals surface area contributed by atoms with Gasteiger partial charge in [0.05, 0.1) is 5.56 Å². The quantitative estimate of drug-likeness (QED) is 0.452. The zero-order valence-corrected chi connectivity index (χ0v) is 11.0. The highest BCUT2D eigenvalue weighted by Gasteiger charge is 2.69. The van der Waals surface area contributed by atoms with E-state index >= 15 is 0 Å². The van der Waals surface area contributed by atoms with Gasteiger partial charge in [-0.15, -0.1) is 0 Å². The number of fused-ring (bicyclic) bond motifs is 5. The van der Waals surface area contributed by atoms with Gasteiger partial charge in [-0.2, -0.15) is 0 Å². The van der Waals surface area contributed by atoms with E-state index in [1.807, 2.05) is 0 Å². The van der Waals surface area contributed by atoms with E-state index in [1.165, 1.54) is 0 Å². The number of nitrogens with two attached hydrogens (primary N) is 2. The average molecular weight is 278 g/mol. The van der Waals surface area contributed by atoms with Crippen molar-refractivity contribution in [1.82, 2.24) is 0 Å². The summed E-state index contributed by atoms with van der Waals surface area (Å²) in [6.45, 7) is 0. The standard InChI is InChI=1S/C15H11BN2O3/c16-7-4-5-8-11(6-7)21-15(20)9-2-1-3-10(17)12(9)13(19)14(8,15)18/h1-6,20H,17-18H2/t14-,15-/m1/s1. The zero-order valence-electron chi connectivity index (χ0n) is 11.0. The molecule has 0 amide bonds. The summed E-state index contributed by atoms with van der Waals surface area (Å²) in [7, 11) is 5.71. The van der Waals surface area contributed by atoms with Gasteiger partial charge < -0.3 is 21.3 Å². The van der Waals surface area contributed by atoms with E-state index in [0.717, 1.165) is 0 Å². The smallest absolute Gasteiger partial charge is 0.265 e. The lowest BCUT2D eigenvalue weighted by Gasteiger charge is -2.29. The van der Waals surface area contributed by atoms with E-state index in [1.54, 1.807) is 36.4 Å². The number of carbonyl (C=O) groups is 1. The van der Waals surface area contributed by atoms with Crippen molar-refractivity contribution in [2.24, 2.45) is 5.73 Å². The van der Waals surface area contributed by atoms with Crippen LogP contribution in [0.4, 0.5) is 5.69 Å². The third kappa shape index (κ3) is 1.18. The van der Waals surface area contributed by atoms with Crippen molar-refractivity contribution in [1.29, 1.82) is 0 Å². The Kier molecular flexibility index (Phi) is 2.06. The van der Waals surface area contributed by atoms with Crippen LogP contribution in [-0.2, 0) is 11.3 Å². The average Bonchev–Trinajstić information content (AvgIpc) is 2.76. The molecule has 4 rings (SSSR count). The molecule has 2 aliphatic rings. The summed E-state index contributed by atoms with van der Waals surface area (Å²) in [5.41, 5.74) is 12.1. The maximum atomic E-state index is 12.8. The molecule has 0 bridgehead atoms. The van der Waals surface area contributed by atoms with Gasteiger partial charge in [0.15, 0.2) is 11.3 Å². The molecule has 0 unspecified atom stereocenters. The summed E-state index contributed by atoms with van der Waals surface area (Å²) in [4.78, 5) is 12.8. The van der Waals surface area contributed by atoms with Gasteiger partial charge in [-0.1, -0.05) is 29.7 Å². The second kappa shape index (κ2) is 3.47. The third-order valence-corrected chi connectivity index (χ3v) is 4.27. The van der Waals surface area contributed by atoms with E-state index in [2.05, 4.69) is 0 Å². The van der Waals surface area contributed by atoms with Gasteiger partial charge in [-0.05, 0) is 12.1 Å². The minimum Gasteiger partial charge on any atom is -0.455 e. The number of ketones is 1. The molecule has 21 heavy (non-hydrogen) atoms. The summed E-state index contributed by atoms with van der Waals surface area (Å²) >= 11 is 0. The van der Waals surface area contributed by atoms with Gasteiger partial charge in [0.25, 0.3) is 5.79 Å². The number of aliphatic hydroxyl groups is 1. The van der Waals surface area contributed by atoms with E-state index in [0.29, 0.717) is 16.8 Å². The van der Waals surface area contributed by atoms with Crippen molar-refractivity contribution in [2.45, 2.75) is 11.3 Å². The zero-order chi connectivity index (χ0) is 15.0. The summed E-state index contributed by atoms with van der Waals surface area (Å²) < 4.78 is 5.63. The van der Waals surface area contributed by atoms with E-state index < -0.39 is 17.1 Å². The van der Waals surface area contributed by atoms with E-state index in [-0.39, 0.29) is 16.8 Å². The Morgan fingerprint density at radius 2 is 1.95 bits per heavy atom. The Morgan fingerprint density at radius 3 is 2.71 bits per heavy atom. The first-order valence-corrected chi connectivity index (χ1v) is 6.43. The number of Topliss-reactive ketones (excluding diaryl/α,β-unsaturated/α-hetero) is 1. The van der Waals surface area contributed by atoms with Crippen LogP contribution in [0.1, 0.15) is 21.5 Å². The molecule has 2 aromatic rings. The molecule has 6 heteroatoms. The Labute approximate surface area is 121 Å². The lowest BCUT2D eigenvalue weighted by molar-refractivity contribution is -0.162. The Morgan fingerprint density at radius 1 is 1.19 bits per heavy atom. The highest BCUT2D eigenvalue weighted by atomic mass is 16.6. The molecule has 102 valence electrons. The number of ether oxygens (including phenoxy) is 1. The van der Waals surface area contributed by atoms with Gasteiger partial charge in [0.1, 0.15) is 13.6 Å². The molecule has 2 atom stereocenters. The van der Waals surface area contributed by atoms with Crippen molar-refractivity contribution in [3.05, 3.63) is 53.1 Å². The van der Waals surface area contributed by atoms with Crippen LogP contribution in [0.2, 0.25) is 0 Å². The van der Waals surface area contributed by atoms with Crippen LogP contribution in [0.3, 0.4) is 0 Å². The van der Waals surface area contributed by atoms with Gasteiger partial charge in [0.2, 0.25) is 0 Å². The number of hydrogen-bond donors (Lipinski definition) is 3. The molecule has 0 aromatic heterocycles. The van der Waals surface area contributed by atoms with Crippen LogP contribution in [0.15, 0.2) is 36.4 Å². The lowest BCUT2D eigenvalue weighted by Crippen LogP contribution is -2.55. The molecule has 0 fully saturated rings. The third-order valence-electron chi connectivity index (χ3n) is 4.27. The van der Waals surface area contributed by atoms with Crippen LogP contribution in [0, 0.1) is 0 Å². The number of hydrogen-bond acceptors (Lipinski definition) is 5. The highest BCUT2D eigenvalue weighted by Crippen LogP contribution is 2.57. The van der Waals surface area contributed by atoms with Crippen LogP contribution >= 0.6 is 0 Å². The van der Waals surface area contributed by atoms with Crippen molar-refractivity contribution in [3.63, 3.8) is 0 Å². The highest BCUT2D eigenvalue weighted by molar-refractivity contribution is 6.32. The molecular formula is C15H11BN2O3. The number of benzene rings is 2. The fourth-order valence-corrected chi connectivity index (χ4v) is 3.22. The Hall–Kier alpha value is -2.31. The first kappa shape index (κ1) is 12.4. The van der Waals surface area contributed by atoms with Gasteiger partial charge in [-0.25, -0.2) is 0 Å². The molecule has 0 saturated carbocycles. The summed E-state index contributed by atoms with van der Waals surface area (Å²) in [6.07, 6.45) is 0. The van der Waals surface area contributed by atoms with Crippen LogP contribution in [0.5, 0.6) is 5.75 Å². The van der Waals surface area contributed by atoms with Gasteiger partial charge in [-0.3, -0.25) is 4.79 Å². The van der Waals surface area contributed by atoms with Crippen molar-refractivity contribution in [2.75, 3.05) is 5.73 Å². The minimum absolute atomic E-state index is 0.213. The molecule has 2 aromatic carbocycles. The predicted molar refractivity (Wildman–Crippen MR) is 77.4 cm³/mol. The fraction of sp³-hybridized carbons (Fsp3) is 0.133. The van der Waals surface area contributed by atoms with Gasteiger partial charge >= 0.3 is 0 Å². The SMILES string of the molecule is [B]c1ccc2c(c1)O[C@]1(O)c3cccc(N)c3C(=O)[C@]21N. The topological polar surface area (TPSA) is 98.6 Å². The molecule has 1 aliphatic carbocycles. The van der Waals surface area contributed by atoms with E-state index in [9.17, 15) is 9.90 Å². The molecule has 5 nitrogen and oxygen atoms in total. The molecule has 0 spiro atoms. The normalized spacial score (nSPS) is 28.8. The first-order valence-electron chi connectivity index (χ1n) is 6.43. The molecule has 1 aliphatic heterocycles.